The summed E-state index contributed by atoms with van der Waals surface area (Å²) >= 11 is 1.70. The number of nitrogens with zero attached hydrogens (tertiary/aromatic N) is 4. The highest BCUT2D eigenvalue weighted by atomic mass is 32.1. The lowest BCUT2D eigenvalue weighted by atomic mass is 10.4. The van der Waals surface area contributed by atoms with Gasteiger partial charge in [-0.25, -0.2) is 9.67 Å². The molecule has 0 spiro atoms. The highest BCUT2D eigenvalue weighted by Gasteiger charge is 2.03. The van der Waals surface area contributed by atoms with Gasteiger partial charge in [0.05, 0.1) is 29.1 Å². The second kappa shape index (κ2) is 5.18. The summed E-state index contributed by atoms with van der Waals surface area (Å²) in [7, 11) is 1.90. The van der Waals surface area contributed by atoms with Crippen molar-refractivity contribution in [1.29, 1.82) is 0 Å². The molecule has 2 aromatic heterocycles. The molecule has 1 N–H and O–H groups in total. The van der Waals surface area contributed by atoms with Crippen LogP contribution < -0.4 is 5.32 Å². The minimum absolute atomic E-state index is 0.702. The molecule has 2 heterocycles. The van der Waals surface area contributed by atoms with E-state index >= 15 is 0 Å². The van der Waals surface area contributed by atoms with Crippen LogP contribution in [0.3, 0.4) is 0 Å². The number of nitrogens with one attached hydrogen (secondary N) is 1. The maximum absolute atomic E-state index is 4.49. The summed E-state index contributed by atoms with van der Waals surface area (Å²) in [5, 5.41) is 14.4. The first-order chi connectivity index (χ1) is 7.81. The average molecular weight is 237 g/mol. The van der Waals surface area contributed by atoms with Gasteiger partial charge in [0.15, 0.2) is 0 Å². The van der Waals surface area contributed by atoms with Crippen molar-refractivity contribution in [3.63, 3.8) is 0 Å². The molecule has 6 heteroatoms. The van der Waals surface area contributed by atoms with Gasteiger partial charge < -0.3 is 5.32 Å². The third-order valence-corrected chi connectivity index (χ3v) is 3.21. The van der Waals surface area contributed by atoms with Gasteiger partial charge in [0.2, 0.25) is 0 Å². The van der Waals surface area contributed by atoms with Crippen LogP contribution in [0.5, 0.6) is 0 Å². The summed E-state index contributed by atoms with van der Waals surface area (Å²) in [6.45, 7) is 3.56. The average Bonchev–Trinajstić information content (AvgIpc) is 2.89. The van der Waals surface area contributed by atoms with Crippen molar-refractivity contribution < 1.29 is 0 Å². The zero-order chi connectivity index (χ0) is 11.4. The summed E-state index contributed by atoms with van der Waals surface area (Å²) in [5.74, 6) is 0. The molecule has 0 aromatic carbocycles. The van der Waals surface area contributed by atoms with Crippen molar-refractivity contribution in [2.24, 2.45) is 0 Å². The molecule has 0 fully saturated rings. The minimum Gasteiger partial charge on any atom is -0.314 e. The maximum atomic E-state index is 4.49. The molecule has 0 atom stereocenters. The van der Waals surface area contributed by atoms with Crippen LogP contribution in [0, 0.1) is 0 Å². The molecule has 86 valence electrons. The van der Waals surface area contributed by atoms with Crippen LogP contribution in [0.25, 0.3) is 0 Å². The molecule has 0 unspecified atom stereocenters. The van der Waals surface area contributed by atoms with Crippen molar-refractivity contribution in [3.05, 3.63) is 28.0 Å². The van der Waals surface area contributed by atoms with E-state index in [1.54, 1.807) is 11.3 Å². The van der Waals surface area contributed by atoms with Gasteiger partial charge in [-0.15, -0.1) is 16.4 Å². The van der Waals surface area contributed by atoms with E-state index in [0.717, 1.165) is 24.4 Å². The van der Waals surface area contributed by atoms with Crippen molar-refractivity contribution >= 4 is 11.3 Å². The molecule has 0 aliphatic carbocycles. The molecular weight excluding hydrogens is 222 g/mol. The number of aryl methyl sites for hydroxylation is 1. The van der Waals surface area contributed by atoms with E-state index in [-0.39, 0.29) is 0 Å². The van der Waals surface area contributed by atoms with Gasteiger partial charge in [0.25, 0.3) is 0 Å². The standard InChI is InChI=1S/C10H15N5S/c1-3-10-12-9(7-16-10)6-15-5-8(4-11-2)13-14-15/h5,7,11H,3-4,6H2,1-2H3. The molecular formula is C10H15N5S. The van der Waals surface area contributed by atoms with Crippen LogP contribution in [0.15, 0.2) is 11.6 Å². The molecule has 0 radical (unpaired) electrons. The van der Waals surface area contributed by atoms with Crippen LogP contribution in [0.1, 0.15) is 23.3 Å². The lowest BCUT2D eigenvalue weighted by Crippen LogP contribution is -2.05. The molecule has 0 saturated heterocycles. The normalized spacial score (nSPS) is 10.9. The van der Waals surface area contributed by atoms with E-state index < -0.39 is 0 Å². The van der Waals surface area contributed by atoms with Crippen LogP contribution in [0.2, 0.25) is 0 Å². The summed E-state index contributed by atoms with van der Waals surface area (Å²) in [6.07, 6.45) is 2.94. The van der Waals surface area contributed by atoms with Crippen molar-refractivity contribution in [2.75, 3.05) is 7.05 Å². The first-order valence-corrected chi connectivity index (χ1v) is 6.16. The third kappa shape index (κ3) is 2.65. The summed E-state index contributed by atoms with van der Waals surface area (Å²) in [5.41, 5.74) is 2.01. The number of hydrogen-bond donors (Lipinski definition) is 1. The molecule has 0 saturated carbocycles. The van der Waals surface area contributed by atoms with Gasteiger partial charge in [0.1, 0.15) is 0 Å². The van der Waals surface area contributed by atoms with E-state index in [4.69, 9.17) is 0 Å². The Kier molecular flexibility index (Phi) is 3.63. The highest BCUT2D eigenvalue weighted by Crippen LogP contribution is 2.11. The van der Waals surface area contributed by atoms with Gasteiger partial charge in [-0.1, -0.05) is 12.1 Å². The fourth-order valence-corrected chi connectivity index (χ4v) is 2.16. The fraction of sp³-hybridized carbons (Fsp3) is 0.500. The van der Waals surface area contributed by atoms with E-state index in [2.05, 4.69) is 32.9 Å². The predicted molar refractivity (Wildman–Crippen MR) is 63.4 cm³/mol. The van der Waals surface area contributed by atoms with E-state index in [9.17, 15) is 0 Å². The van der Waals surface area contributed by atoms with Crippen LogP contribution in [-0.2, 0) is 19.5 Å². The van der Waals surface area contributed by atoms with Gasteiger partial charge in [-0.2, -0.15) is 0 Å². The van der Waals surface area contributed by atoms with Gasteiger partial charge in [-0.3, -0.25) is 0 Å². The number of thiazole rings is 1. The Morgan fingerprint density at radius 3 is 3.00 bits per heavy atom. The molecule has 2 aromatic rings. The van der Waals surface area contributed by atoms with Crippen LogP contribution in [0.4, 0.5) is 0 Å². The van der Waals surface area contributed by atoms with Crippen molar-refractivity contribution in [3.8, 4) is 0 Å². The zero-order valence-electron chi connectivity index (χ0n) is 9.47. The summed E-state index contributed by atoms with van der Waals surface area (Å²) in [4.78, 5) is 4.49. The number of hydrogen-bond acceptors (Lipinski definition) is 5. The zero-order valence-corrected chi connectivity index (χ0v) is 10.3. The van der Waals surface area contributed by atoms with E-state index in [0.29, 0.717) is 6.54 Å². The monoisotopic (exact) mass is 237 g/mol. The van der Waals surface area contributed by atoms with Crippen LogP contribution >= 0.6 is 11.3 Å². The Morgan fingerprint density at radius 2 is 2.31 bits per heavy atom. The summed E-state index contributed by atoms with van der Waals surface area (Å²) in [6, 6.07) is 0. The molecule has 0 bridgehead atoms. The fourth-order valence-electron chi connectivity index (χ4n) is 1.43. The van der Waals surface area contributed by atoms with Gasteiger partial charge in [0, 0.05) is 11.9 Å². The Labute approximate surface area is 98.5 Å². The van der Waals surface area contributed by atoms with Crippen LogP contribution in [-0.4, -0.2) is 27.0 Å². The van der Waals surface area contributed by atoms with Crippen molar-refractivity contribution in [1.82, 2.24) is 25.3 Å². The largest absolute Gasteiger partial charge is 0.314 e. The molecule has 16 heavy (non-hydrogen) atoms. The molecule has 0 amide bonds. The Hall–Kier alpha value is -1.27. The first-order valence-electron chi connectivity index (χ1n) is 5.28. The summed E-state index contributed by atoms with van der Waals surface area (Å²) < 4.78 is 1.82. The number of aromatic nitrogens is 4. The van der Waals surface area contributed by atoms with E-state index in [1.165, 1.54) is 5.01 Å². The smallest absolute Gasteiger partial charge is 0.0964 e. The predicted octanol–water partition coefficient (Wildman–Crippen LogP) is 1.06. The molecule has 5 nitrogen and oxygen atoms in total. The van der Waals surface area contributed by atoms with Crippen molar-refractivity contribution in [2.45, 2.75) is 26.4 Å². The van der Waals surface area contributed by atoms with E-state index in [1.807, 2.05) is 17.9 Å². The second-order valence-electron chi connectivity index (χ2n) is 3.52. The lowest BCUT2D eigenvalue weighted by molar-refractivity contribution is 0.639. The SMILES string of the molecule is CCc1nc(Cn2cc(CNC)nn2)cs1. The van der Waals surface area contributed by atoms with Gasteiger partial charge >= 0.3 is 0 Å². The maximum Gasteiger partial charge on any atom is 0.0964 e. The quantitative estimate of drug-likeness (QED) is 0.845. The topological polar surface area (TPSA) is 55.6 Å². The Morgan fingerprint density at radius 1 is 1.44 bits per heavy atom. The minimum atomic E-state index is 0.702. The highest BCUT2D eigenvalue weighted by molar-refractivity contribution is 7.09. The lowest BCUT2D eigenvalue weighted by Gasteiger charge is -1.95. The third-order valence-electron chi connectivity index (χ3n) is 2.17. The second-order valence-corrected chi connectivity index (χ2v) is 4.47. The Bertz CT molecular complexity index is 448. The molecule has 2 rings (SSSR count). The number of rotatable bonds is 5. The molecule has 0 aliphatic heterocycles. The Balaban J connectivity index is 2.02. The molecule has 0 aliphatic rings. The van der Waals surface area contributed by atoms with Gasteiger partial charge in [-0.05, 0) is 13.5 Å². The first kappa shape index (κ1) is 11.2.